The molecule has 0 bridgehead atoms. The van der Waals surface area contributed by atoms with Crippen LogP contribution in [-0.4, -0.2) is 22.9 Å². The second kappa shape index (κ2) is 4.53. The van der Waals surface area contributed by atoms with Crippen LogP contribution in [0.15, 0.2) is 30.5 Å². The SMILES string of the molecule is COC(=O)c1cccc(-c2c(C3CC3)cnn2C)c1. The van der Waals surface area contributed by atoms with Crippen molar-refractivity contribution in [3.05, 3.63) is 41.6 Å². The summed E-state index contributed by atoms with van der Waals surface area (Å²) in [6.07, 6.45) is 4.41. The molecule has 0 atom stereocenters. The molecule has 1 aromatic carbocycles. The standard InChI is InChI=1S/C15H16N2O2/c1-17-14(13(9-16-17)10-6-7-10)11-4-3-5-12(8-11)15(18)19-2/h3-5,8-10H,6-7H2,1-2H3. The Morgan fingerprint density at radius 3 is 2.89 bits per heavy atom. The number of esters is 1. The number of rotatable bonds is 3. The summed E-state index contributed by atoms with van der Waals surface area (Å²) < 4.78 is 6.65. The fourth-order valence-electron chi connectivity index (χ4n) is 2.41. The molecule has 1 aliphatic rings. The fraction of sp³-hybridized carbons (Fsp3) is 0.333. The van der Waals surface area contributed by atoms with Crippen molar-refractivity contribution < 1.29 is 9.53 Å². The maximum atomic E-state index is 11.6. The van der Waals surface area contributed by atoms with Crippen LogP contribution in [-0.2, 0) is 11.8 Å². The Hall–Kier alpha value is -2.10. The molecule has 0 radical (unpaired) electrons. The quantitative estimate of drug-likeness (QED) is 0.793. The van der Waals surface area contributed by atoms with Crippen molar-refractivity contribution in [3.8, 4) is 11.3 Å². The summed E-state index contributed by atoms with van der Waals surface area (Å²) in [5.41, 5.74) is 3.98. The minimum Gasteiger partial charge on any atom is -0.465 e. The molecular weight excluding hydrogens is 240 g/mol. The number of carbonyl (C=O) groups is 1. The van der Waals surface area contributed by atoms with Gasteiger partial charge < -0.3 is 4.74 Å². The van der Waals surface area contributed by atoms with Gasteiger partial charge in [-0.05, 0) is 30.9 Å². The maximum Gasteiger partial charge on any atom is 0.337 e. The van der Waals surface area contributed by atoms with E-state index in [9.17, 15) is 4.79 Å². The average molecular weight is 256 g/mol. The topological polar surface area (TPSA) is 44.1 Å². The van der Waals surface area contributed by atoms with E-state index in [2.05, 4.69) is 5.10 Å². The zero-order valence-corrected chi connectivity index (χ0v) is 11.1. The lowest BCUT2D eigenvalue weighted by Crippen LogP contribution is -2.02. The van der Waals surface area contributed by atoms with Crippen molar-refractivity contribution in [2.75, 3.05) is 7.11 Å². The first-order valence-electron chi connectivity index (χ1n) is 6.41. The average Bonchev–Trinajstić information content (AvgIpc) is 3.21. The Bertz CT molecular complexity index is 627. The van der Waals surface area contributed by atoms with Gasteiger partial charge in [0.15, 0.2) is 0 Å². The van der Waals surface area contributed by atoms with E-state index < -0.39 is 0 Å². The van der Waals surface area contributed by atoms with Crippen LogP contribution in [0.2, 0.25) is 0 Å². The van der Waals surface area contributed by atoms with E-state index in [1.165, 1.54) is 25.5 Å². The molecule has 1 heterocycles. The first kappa shape index (κ1) is 12.0. The normalized spacial score (nSPS) is 14.4. The minimum absolute atomic E-state index is 0.308. The Balaban J connectivity index is 2.06. The largest absolute Gasteiger partial charge is 0.465 e. The van der Waals surface area contributed by atoms with Crippen molar-refractivity contribution in [1.29, 1.82) is 0 Å². The van der Waals surface area contributed by atoms with Crippen molar-refractivity contribution >= 4 is 5.97 Å². The second-order valence-corrected chi connectivity index (χ2v) is 4.92. The molecule has 4 nitrogen and oxygen atoms in total. The summed E-state index contributed by atoms with van der Waals surface area (Å²) in [6, 6.07) is 7.53. The molecule has 2 aromatic rings. The number of carbonyl (C=O) groups excluding carboxylic acids is 1. The van der Waals surface area contributed by atoms with E-state index in [-0.39, 0.29) is 5.97 Å². The first-order chi connectivity index (χ1) is 9.20. The molecule has 1 aromatic heterocycles. The molecule has 0 saturated heterocycles. The third-order valence-electron chi connectivity index (χ3n) is 3.54. The second-order valence-electron chi connectivity index (χ2n) is 4.92. The van der Waals surface area contributed by atoms with Gasteiger partial charge in [0.1, 0.15) is 0 Å². The fourth-order valence-corrected chi connectivity index (χ4v) is 2.41. The summed E-state index contributed by atoms with van der Waals surface area (Å²) in [4.78, 5) is 11.6. The summed E-state index contributed by atoms with van der Waals surface area (Å²) in [5, 5.41) is 4.35. The summed E-state index contributed by atoms with van der Waals surface area (Å²) in [5.74, 6) is 0.322. The van der Waals surface area contributed by atoms with Gasteiger partial charge in [0, 0.05) is 18.2 Å². The predicted octanol–water partition coefficient (Wildman–Crippen LogP) is 2.75. The highest BCUT2D eigenvalue weighted by Crippen LogP contribution is 2.44. The van der Waals surface area contributed by atoms with Crippen LogP contribution in [0.1, 0.15) is 34.7 Å². The van der Waals surface area contributed by atoms with Gasteiger partial charge in [-0.15, -0.1) is 0 Å². The molecule has 98 valence electrons. The van der Waals surface area contributed by atoms with E-state index in [0.29, 0.717) is 11.5 Å². The van der Waals surface area contributed by atoms with Gasteiger partial charge in [0.25, 0.3) is 0 Å². The molecule has 4 heteroatoms. The highest BCUT2D eigenvalue weighted by atomic mass is 16.5. The lowest BCUT2D eigenvalue weighted by Gasteiger charge is -2.07. The van der Waals surface area contributed by atoms with E-state index in [0.717, 1.165) is 11.3 Å². The van der Waals surface area contributed by atoms with Crippen molar-refractivity contribution in [2.24, 2.45) is 7.05 Å². The molecule has 1 saturated carbocycles. The minimum atomic E-state index is -0.308. The van der Waals surface area contributed by atoms with Gasteiger partial charge in [-0.3, -0.25) is 4.68 Å². The summed E-state index contributed by atoms with van der Waals surface area (Å²) in [7, 11) is 3.33. The van der Waals surface area contributed by atoms with Crippen LogP contribution in [0.25, 0.3) is 11.3 Å². The molecule has 0 N–H and O–H groups in total. The van der Waals surface area contributed by atoms with E-state index in [4.69, 9.17) is 4.74 Å². The van der Waals surface area contributed by atoms with Crippen LogP contribution in [0.5, 0.6) is 0 Å². The Labute approximate surface area is 112 Å². The van der Waals surface area contributed by atoms with Crippen molar-refractivity contribution in [3.63, 3.8) is 0 Å². The lowest BCUT2D eigenvalue weighted by molar-refractivity contribution is 0.0601. The van der Waals surface area contributed by atoms with Gasteiger partial charge in [-0.1, -0.05) is 12.1 Å². The monoisotopic (exact) mass is 256 g/mol. The Morgan fingerprint density at radius 2 is 2.21 bits per heavy atom. The van der Waals surface area contributed by atoms with Crippen LogP contribution >= 0.6 is 0 Å². The van der Waals surface area contributed by atoms with Crippen molar-refractivity contribution in [1.82, 2.24) is 9.78 Å². The molecule has 1 aliphatic carbocycles. The highest BCUT2D eigenvalue weighted by Gasteiger charge is 2.28. The third-order valence-corrected chi connectivity index (χ3v) is 3.54. The molecule has 3 rings (SSSR count). The number of benzene rings is 1. The number of nitrogens with zero attached hydrogens (tertiary/aromatic N) is 2. The van der Waals surface area contributed by atoms with Crippen LogP contribution in [0.3, 0.4) is 0 Å². The zero-order valence-electron chi connectivity index (χ0n) is 11.1. The third kappa shape index (κ3) is 2.14. The molecule has 0 unspecified atom stereocenters. The van der Waals surface area contributed by atoms with Gasteiger partial charge in [-0.25, -0.2) is 4.79 Å². The predicted molar refractivity (Wildman–Crippen MR) is 72.0 cm³/mol. The number of ether oxygens (including phenoxy) is 1. The first-order valence-corrected chi connectivity index (χ1v) is 6.41. The molecule has 0 spiro atoms. The summed E-state index contributed by atoms with van der Waals surface area (Å²) >= 11 is 0. The number of aromatic nitrogens is 2. The molecule has 0 aliphatic heterocycles. The zero-order chi connectivity index (χ0) is 13.4. The van der Waals surface area contributed by atoms with Crippen molar-refractivity contribution in [2.45, 2.75) is 18.8 Å². The smallest absolute Gasteiger partial charge is 0.337 e. The number of hydrogen-bond donors (Lipinski definition) is 0. The number of hydrogen-bond acceptors (Lipinski definition) is 3. The Kier molecular flexibility index (Phi) is 2.85. The van der Waals surface area contributed by atoms with Gasteiger partial charge in [0.2, 0.25) is 0 Å². The van der Waals surface area contributed by atoms with Gasteiger partial charge >= 0.3 is 5.97 Å². The number of methoxy groups -OCH3 is 1. The molecule has 0 amide bonds. The van der Waals surface area contributed by atoms with E-state index in [1.54, 1.807) is 6.07 Å². The van der Waals surface area contributed by atoms with Crippen LogP contribution in [0, 0.1) is 0 Å². The van der Waals surface area contributed by atoms with Crippen LogP contribution < -0.4 is 0 Å². The highest BCUT2D eigenvalue weighted by molar-refractivity contribution is 5.91. The summed E-state index contributed by atoms with van der Waals surface area (Å²) in [6.45, 7) is 0. The lowest BCUT2D eigenvalue weighted by atomic mass is 10.0. The van der Waals surface area contributed by atoms with E-state index in [1.807, 2.05) is 36.1 Å². The number of aryl methyl sites for hydroxylation is 1. The van der Waals surface area contributed by atoms with Gasteiger partial charge in [0.05, 0.1) is 24.6 Å². The van der Waals surface area contributed by atoms with Gasteiger partial charge in [-0.2, -0.15) is 5.10 Å². The molecular formula is C15H16N2O2. The molecule has 19 heavy (non-hydrogen) atoms. The van der Waals surface area contributed by atoms with E-state index >= 15 is 0 Å². The Morgan fingerprint density at radius 1 is 1.42 bits per heavy atom. The van der Waals surface area contributed by atoms with Crippen LogP contribution in [0.4, 0.5) is 0 Å². The maximum absolute atomic E-state index is 11.6. The molecule has 1 fully saturated rings.